The van der Waals surface area contributed by atoms with Crippen molar-refractivity contribution < 1.29 is 19.4 Å². The number of imidazole rings is 1. The lowest BCUT2D eigenvalue weighted by atomic mass is 10.1. The number of aromatic carboxylic acids is 1. The minimum absolute atomic E-state index is 0.104. The number of hydrogen-bond donors (Lipinski definition) is 2. The molecule has 2 aromatic heterocycles. The number of benzene rings is 2. The molecule has 4 aromatic rings. The summed E-state index contributed by atoms with van der Waals surface area (Å²) in [6.45, 7) is 2.01. The molecule has 4 rings (SSSR count). The number of hydrogen-bond acceptors (Lipinski definition) is 4. The van der Waals surface area contributed by atoms with Crippen LogP contribution < -0.4 is 10.1 Å². The largest absolute Gasteiger partial charge is 0.486 e. The lowest BCUT2D eigenvalue weighted by molar-refractivity contribution is 0.0696. The van der Waals surface area contributed by atoms with Crippen molar-refractivity contribution >= 4 is 23.2 Å². The predicted octanol–water partition coefficient (Wildman–Crippen LogP) is 4.17. The van der Waals surface area contributed by atoms with Crippen molar-refractivity contribution in [2.45, 2.75) is 13.5 Å². The van der Waals surface area contributed by atoms with Gasteiger partial charge in [-0.25, -0.2) is 9.78 Å². The van der Waals surface area contributed by atoms with Crippen molar-refractivity contribution in [1.29, 1.82) is 0 Å². The maximum atomic E-state index is 12.9. The Labute approximate surface area is 172 Å². The average Bonchev–Trinajstić information content (AvgIpc) is 3.17. The molecule has 1 amide bonds. The highest BCUT2D eigenvalue weighted by Crippen LogP contribution is 2.23. The van der Waals surface area contributed by atoms with Gasteiger partial charge in [0.15, 0.2) is 0 Å². The van der Waals surface area contributed by atoms with E-state index in [0.29, 0.717) is 17.0 Å². The number of nitrogens with zero attached hydrogens (tertiary/aromatic N) is 2. The number of carbonyl (C=O) groups is 2. The van der Waals surface area contributed by atoms with Crippen LogP contribution in [0.4, 0.5) is 5.69 Å². The molecule has 2 aromatic carbocycles. The molecule has 7 heteroatoms. The number of rotatable bonds is 6. The number of para-hydroxylation sites is 1. The van der Waals surface area contributed by atoms with Crippen molar-refractivity contribution in [3.05, 3.63) is 95.4 Å². The molecule has 0 saturated heterocycles. The minimum Gasteiger partial charge on any atom is -0.486 e. The Hall–Kier alpha value is -4.13. The molecule has 0 bridgehead atoms. The summed E-state index contributed by atoms with van der Waals surface area (Å²) in [4.78, 5) is 28.6. The van der Waals surface area contributed by atoms with Crippen LogP contribution in [-0.2, 0) is 6.61 Å². The number of amides is 1. The van der Waals surface area contributed by atoms with E-state index in [1.807, 2.05) is 35.0 Å². The molecule has 0 aliphatic carbocycles. The van der Waals surface area contributed by atoms with Crippen LogP contribution in [0.5, 0.6) is 5.75 Å². The van der Waals surface area contributed by atoms with Crippen LogP contribution in [0.15, 0.2) is 73.1 Å². The van der Waals surface area contributed by atoms with Gasteiger partial charge in [-0.1, -0.05) is 24.3 Å². The van der Waals surface area contributed by atoms with Gasteiger partial charge in [0.1, 0.15) is 18.0 Å². The summed E-state index contributed by atoms with van der Waals surface area (Å²) < 4.78 is 7.77. The molecule has 0 unspecified atom stereocenters. The fourth-order valence-corrected chi connectivity index (χ4v) is 3.07. The molecule has 0 aliphatic heterocycles. The first-order valence-corrected chi connectivity index (χ1v) is 9.31. The summed E-state index contributed by atoms with van der Waals surface area (Å²) in [6.07, 6.45) is 3.78. The third kappa shape index (κ3) is 4.00. The van der Waals surface area contributed by atoms with Gasteiger partial charge >= 0.3 is 5.97 Å². The van der Waals surface area contributed by atoms with Crippen LogP contribution in [-0.4, -0.2) is 26.4 Å². The van der Waals surface area contributed by atoms with Gasteiger partial charge in [0.25, 0.3) is 5.91 Å². The second-order valence-electron chi connectivity index (χ2n) is 6.77. The number of aromatic nitrogens is 2. The Morgan fingerprint density at radius 3 is 2.70 bits per heavy atom. The fourth-order valence-electron chi connectivity index (χ4n) is 3.07. The summed E-state index contributed by atoms with van der Waals surface area (Å²) in [7, 11) is 0. The van der Waals surface area contributed by atoms with Crippen molar-refractivity contribution in [2.24, 2.45) is 0 Å². The van der Waals surface area contributed by atoms with Gasteiger partial charge in [0.05, 0.1) is 16.8 Å². The van der Waals surface area contributed by atoms with E-state index in [1.165, 1.54) is 12.1 Å². The fraction of sp³-hybridized carbons (Fsp3) is 0.0870. The number of carboxylic acids is 1. The number of ether oxygens (including phenoxy) is 1. The molecule has 30 heavy (non-hydrogen) atoms. The summed E-state index contributed by atoms with van der Waals surface area (Å²) in [5.74, 6) is -1.02. The highest BCUT2D eigenvalue weighted by molar-refractivity contribution is 6.07. The molecule has 0 saturated carbocycles. The van der Waals surface area contributed by atoms with E-state index in [2.05, 4.69) is 10.3 Å². The first-order valence-electron chi connectivity index (χ1n) is 9.31. The summed E-state index contributed by atoms with van der Waals surface area (Å²) >= 11 is 0. The predicted molar refractivity (Wildman–Crippen MR) is 112 cm³/mol. The molecule has 0 atom stereocenters. The minimum atomic E-state index is -1.05. The number of carbonyl (C=O) groups excluding carboxylic acids is 1. The SMILES string of the molecule is Cc1ccc(C(=O)O)cc1NC(=O)c1ccccc1OCc1cn2ccccc2n1. The molecule has 0 radical (unpaired) electrons. The molecular formula is C23H19N3O4. The van der Waals surface area contributed by atoms with Gasteiger partial charge in [0.2, 0.25) is 0 Å². The van der Waals surface area contributed by atoms with Crippen LogP contribution >= 0.6 is 0 Å². The Bertz CT molecular complexity index is 1210. The molecule has 2 heterocycles. The van der Waals surface area contributed by atoms with Crippen molar-refractivity contribution in [1.82, 2.24) is 9.38 Å². The third-order valence-electron chi connectivity index (χ3n) is 4.65. The van der Waals surface area contributed by atoms with E-state index in [9.17, 15) is 14.7 Å². The first kappa shape index (κ1) is 19.2. The molecule has 150 valence electrons. The van der Waals surface area contributed by atoms with Gasteiger partial charge in [-0.3, -0.25) is 4.79 Å². The van der Waals surface area contributed by atoms with Gasteiger partial charge in [0, 0.05) is 18.1 Å². The van der Waals surface area contributed by atoms with E-state index in [4.69, 9.17) is 4.74 Å². The van der Waals surface area contributed by atoms with E-state index < -0.39 is 5.97 Å². The molecule has 0 spiro atoms. The number of anilines is 1. The van der Waals surface area contributed by atoms with Gasteiger partial charge < -0.3 is 19.6 Å². The Morgan fingerprint density at radius 2 is 1.90 bits per heavy atom. The zero-order valence-corrected chi connectivity index (χ0v) is 16.2. The molecule has 0 aliphatic rings. The highest BCUT2D eigenvalue weighted by atomic mass is 16.5. The van der Waals surface area contributed by atoms with Crippen LogP contribution in [0.25, 0.3) is 5.65 Å². The Morgan fingerprint density at radius 1 is 1.10 bits per heavy atom. The number of carboxylic acid groups (broad SMARTS) is 1. The number of pyridine rings is 1. The number of fused-ring (bicyclic) bond motifs is 1. The lowest BCUT2D eigenvalue weighted by Gasteiger charge is -2.13. The quantitative estimate of drug-likeness (QED) is 0.506. The maximum Gasteiger partial charge on any atom is 0.335 e. The topological polar surface area (TPSA) is 92.9 Å². The van der Waals surface area contributed by atoms with Gasteiger partial charge in [-0.2, -0.15) is 0 Å². The average molecular weight is 401 g/mol. The van der Waals surface area contributed by atoms with Crippen molar-refractivity contribution in [3.8, 4) is 5.75 Å². The Balaban J connectivity index is 1.53. The molecular weight excluding hydrogens is 382 g/mol. The van der Waals surface area contributed by atoms with E-state index in [0.717, 1.165) is 16.9 Å². The first-order chi connectivity index (χ1) is 14.5. The Kier molecular flexibility index (Phi) is 5.17. The second kappa shape index (κ2) is 8.08. The zero-order valence-electron chi connectivity index (χ0n) is 16.2. The van der Waals surface area contributed by atoms with E-state index in [-0.39, 0.29) is 18.1 Å². The van der Waals surface area contributed by atoms with Crippen LogP contribution in [0.1, 0.15) is 32.0 Å². The van der Waals surface area contributed by atoms with Crippen molar-refractivity contribution in [3.63, 3.8) is 0 Å². The number of aryl methyl sites for hydroxylation is 1. The summed E-state index contributed by atoms with van der Waals surface area (Å²) in [5, 5.41) is 12.0. The smallest absolute Gasteiger partial charge is 0.335 e. The molecule has 7 nitrogen and oxygen atoms in total. The lowest BCUT2D eigenvalue weighted by Crippen LogP contribution is -2.15. The highest BCUT2D eigenvalue weighted by Gasteiger charge is 2.15. The summed E-state index contributed by atoms with van der Waals surface area (Å²) in [5.41, 5.74) is 3.21. The standard InChI is InChI=1S/C23H19N3O4/c1-15-9-10-16(23(28)29)12-19(15)25-22(27)18-6-2-3-7-20(18)30-14-17-13-26-11-5-4-8-21(26)24-17/h2-13H,14H2,1H3,(H,25,27)(H,28,29). The normalized spacial score (nSPS) is 10.7. The monoisotopic (exact) mass is 401 g/mol. The van der Waals surface area contributed by atoms with Crippen LogP contribution in [0.3, 0.4) is 0 Å². The van der Waals surface area contributed by atoms with Crippen LogP contribution in [0, 0.1) is 6.92 Å². The van der Waals surface area contributed by atoms with E-state index in [1.54, 1.807) is 37.3 Å². The third-order valence-corrected chi connectivity index (χ3v) is 4.65. The van der Waals surface area contributed by atoms with Crippen molar-refractivity contribution in [2.75, 3.05) is 5.32 Å². The maximum absolute atomic E-state index is 12.9. The van der Waals surface area contributed by atoms with Crippen LogP contribution in [0.2, 0.25) is 0 Å². The number of nitrogens with one attached hydrogen (secondary N) is 1. The van der Waals surface area contributed by atoms with Gasteiger partial charge in [-0.05, 0) is 48.9 Å². The summed E-state index contributed by atoms with van der Waals surface area (Å²) in [6, 6.07) is 17.2. The van der Waals surface area contributed by atoms with E-state index >= 15 is 0 Å². The zero-order chi connectivity index (χ0) is 21.1. The van der Waals surface area contributed by atoms with Gasteiger partial charge in [-0.15, -0.1) is 0 Å². The second-order valence-corrected chi connectivity index (χ2v) is 6.77. The molecule has 2 N–H and O–H groups in total. The molecule has 0 fully saturated rings.